The third-order valence-electron chi connectivity index (χ3n) is 2.92. The number of nitrogens with one attached hydrogen (secondary N) is 1. The molecular formula is C15H29NO. The second-order valence-corrected chi connectivity index (χ2v) is 4.61. The van der Waals surface area contributed by atoms with Gasteiger partial charge in [-0.1, -0.05) is 52.2 Å². The van der Waals surface area contributed by atoms with Gasteiger partial charge in [0.2, 0.25) is 5.91 Å². The van der Waals surface area contributed by atoms with Crippen LogP contribution >= 0.6 is 0 Å². The van der Waals surface area contributed by atoms with E-state index in [0.29, 0.717) is 12.5 Å². The summed E-state index contributed by atoms with van der Waals surface area (Å²) in [6, 6.07) is 0.377. The van der Waals surface area contributed by atoms with E-state index in [1.165, 1.54) is 19.3 Å². The molecule has 2 nitrogen and oxygen atoms in total. The maximum Gasteiger partial charge on any atom is 0.220 e. The number of carbonyl (C=O) groups is 1. The Morgan fingerprint density at radius 2 is 1.82 bits per heavy atom. The van der Waals surface area contributed by atoms with E-state index in [2.05, 4.69) is 38.2 Å². The van der Waals surface area contributed by atoms with Crippen molar-refractivity contribution in [1.29, 1.82) is 0 Å². The lowest BCUT2D eigenvalue weighted by Crippen LogP contribution is -2.34. The van der Waals surface area contributed by atoms with Gasteiger partial charge in [-0.3, -0.25) is 4.79 Å². The van der Waals surface area contributed by atoms with Crippen molar-refractivity contribution in [2.75, 3.05) is 0 Å². The summed E-state index contributed by atoms with van der Waals surface area (Å²) in [4.78, 5) is 11.7. The van der Waals surface area contributed by atoms with Crippen LogP contribution in [0.4, 0.5) is 0 Å². The molecule has 0 spiro atoms. The highest BCUT2D eigenvalue weighted by atomic mass is 16.1. The van der Waals surface area contributed by atoms with E-state index in [-0.39, 0.29) is 5.91 Å². The van der Waals surface area contributed by atoms with Crippen molar-refractivity contribution >= 4 is 5.91 Å². The third kappa shape index (κ3) is 10.1. The lowest BCUT2D eigenvalue weighted by Gasteiger charge is -2.16. The first-order valence-corrected chi connectivity index (χ1v) is 7.18. The summed E-state index contributed by atoms with van der Waals surface area (Å²) in [5, 5.41) is 3.12. The van der Waals surface area contributed by atoms with E-state index < -0.39 is 0 Å². The molecule has 0 saturated carbocycles. The lowest BCUT2D eigenvalue weighted by molar-refractivity contribution is -0.121. The second-order valence-electron chi connectivity index (χ2n) is 4.61. The van der Waals surface area contributed by atoms with Crippen LogP contribution in [0.15, 0.2) is 12.2 Å². The number of allylic oxidation sites excluding steroid dienone is 2. The van der Waals surface area contributed by atoms with Crippen molar-refractivity contribution in [3.05, 3.63) is 12.2 Å². The number of hydrogen-bond donors (Lipinski definition) is 1. The molecule has 2 heteroatoms. The van der Waals surface area contributed by atoms with Crippen LogP contribution in [-0.2, 0) is 4.79 Å². The topological polar surface area (TPSA) is 29.1 Å². The molecular weight excluding hydrogens is 210 g/mol. The van der Waals surface area contributed by atoms with Crippen LogP contribution in [0.3, 0.4) is 0 Å². The average Bonchev–Trinajstić information content (AvgIpc) is 2.34. The van der Waals surface area contributed by atoms with Crippen molar-refractivity contribution in [3.8, 4) is 0 Å². The fourth-order valence-corrected chi connectivity index (χ4v) is 1.75. The molecule has 17 heavy (non-hydrogen) atoms. The number of rotatable bonds is 10. The van der Waals surface area contributed by atoms with E-state index >= 15 is 0 Å². The van der Waals surface area contributed by atoms with Crippen LogP contribution in [0.25, 0.3) is 0 Å². The standard InChI is InChI=1S/C15H29NO/c1-4-7-9-10-11-13-15(17)16-14(6-3)12-8-5-2/h9-10,14H,4-8,11-13H2,1-3H3,(H,16,17)/b10-9-. The first-order chi connectivity index (χ1) is 8.24. The van der Waals surface area contributed by atoms with Crippen LogP contribution in [0.5, 0.6) is 0 Å². The molecule has 0 aromatic carbocycles. The summed E-state index contributed by atoms with van der Waals surface area (Å²) in [5.74, 6) is 0.203. The zero-order valence-corrected chi connectivity index (χ0v) is 11.8. The van der Waals surface area contributed by atoms with Crippen LogP contribution in [-0.4, -0.2) is 11.9 Å². The van der Waals surface area contributed by atoms with Crippen LogP contribution in [0.2, 0.25) is 0 Å². The third-order valence-corrected chi connectivity index (χ3v) is 2.92. The molecule has 1 N–H and O–H groups in total. The smallest absolute Gasteiger partial charge is 0.220 e. The maximum atomic E-state index is 11.7. The van der Waals surface area contributed by atoms with Crippen molar-refractivity contribution in [1.82, 2.24) is 5.32 Å². The minimum atomic E-state index is 0.203. The van der Waals surface area contributed by atoms with Crippen molar-refractivity contribution < 1.29 is 4.79 Å². The quantitative estimate of drug-likeness (QED) is 0.569. The van der Waals surface area contributed by atoms with Crippen LogP contribution in [0.1, 0.15) is 72.1 Å². The minimum Gasteiger partial charge on any atom is -0.353 e. The molecule has 0 aromatic rings. The average molecular weight is 239 g/mol. The molecule has 0 radical (unpaired) electrons. The van der Waals surface area contributed by atoms with E-state index in [1.54, 1.807) is 0 Å². The van der Waals surface area contributed by atoms with Crippen LogP contribution < -0.4 is 5.32 Å². The van der Waals surface area contributed by atoms with Gasteiger partial charge in [-0.2, -0.15) is 0 Å². The van der Waals surface area contributed by atoms with Gasteiger partial charge in [-0.05, 0) is 25.7 Å². The molecule has 100 valence electrons. The highest BCUT2D eigenvalue weighted by Gasteiger charge is 2.08. The molecule has 1 atom stereocenters. The Morgan fingerprint density at radius 3 is 2.41 bits per heavy atom. The first kappa shape index (κ1) is 16.2. The molecule has 1 unspecified atom stereocenters. The predicted octanol–water partition coefficient (Wildman–Crippen LogP) is 4.21. The van der Waals surface area contributed by atoms with Gasteiger partial charge in [0.1, 0.15) is 0 Å². The summed E-state index contributed by atoms with van der Waals surface area (Å²) in [7, 11) is 0. The Bertz CT molecular complexity index is 211. The van der Waals surface area contributed by atoms with Crippen molar-refractivity contribution in [2.24, 2.45) is 0 Å². The Morgan fingerprint density at radius 1 is 1.12 bits per heavy atom. The Labute approximate surface area is 107 Å². The molecule has 0 aliphatic rings. The SMILES string of the molecule is CCC/C=C\CCC(=O)NC(CC)CCCC. The van der Waals surface area contributed by atoms with Gasteiger partial charge in [0, 0.05) is 12.5 Å². The number of hydrogen-bond acceptors (Lipinski definition) is 1. The van der Waals surface area contributed by atoms with E-state index in [1.807, 2.05) is 0 Å². The molecule has 1 amide bonds. The molecule has 0 rings (SSSR count). The van der Waals surface area contributed by atoms with Gasteiger partial charge in [0.05, 0.1) is 0 Å². The summed E-state index contributed by atoms with van der Waals surface area (Å²) in [6.07, 6.45) is 12.6. The Balaban J connectivity index is 3.67. The van der Waals surface area contributed by atoms with Crippen molar-refractivity contribution in [2.45, 2.75) is 78.2 Å². The fourth-order valence-electron chi connectivity index (χ4n) is 1.75. The van der Waals surface area contributed by atoms with E-state index in [4.69, 9.17) is 0 Å². The zero-order chi connectivity index (χ0) is 12.9. The summed E-state index contributed by atoms with van der Waals surface area (Å²) in [5.41, 5.74) is 0. The second kappa shape index (κ2) is 11.7. The summed E-state index contributed by atoms with van der Waals surface area (Å²) < 4.78 is 0. The fraction of sp³-hybridized carbons (Fsp3) is 0.800. The largest absolute Gasteiger partial charge is 0.353 e. The molecule has 0 aliphatic carbocycles. The normalized spacial score (nSPS) is 12.9. The lowest BCUT2D eigenvalue weighted by atomic mass is 10.1. The molecule has 0 fully saturated rings. The van der Waals surface area contributed by atoms with Crippen LogP contribution in [0, 0.1) is 0 Å². The van der Waals surface area contributed by atoms with E-state index in [9.17, 15) is 4.79 Å². The minimum absolute atomic E-state index is 0.203. The van der Waals surface area contributed by atoms with Crippen molar-refractivity contribution in [3.63, 3.8) is 0 Å². The summed E-state index contributed by atoms with van der Waals surface area (Å²) >= 11 is 0. The number of unbranched alkanes of at least 4 members (excludes halogenated alkanes) is 2. The highest BCUT2D eigenvalue weighted by Crippen LogP contribution is 2.05. The maximum absolute atomic E-state index is 11.7. The molecule has 0 bridgehead atoms. The van der Waals surface area contributed by atoms with Gasteiger partial charge in [-0.15, -0.1) is 0 Å². The Hall–Kier alpha value is -0.790. The molecule has 0 aromatic heterocycles. The molecule has 0 aliphatic heterocycles. The summed E-state index contributed by atoms with van der Waals surface area (Å²) in [6.45, 7) is 6.49. The van der Waals surface area contributed by atoms with Gasteiger partial charge < -0.3 is 5.32 Å². The molecule has 0 heterocycles. The van der Waals surface area contributed by atoms with Gasteiger partial charge in [0.15, 0.2) is 0 Å². The van der Waals surface area contributed by atoms with E-state index in [0.717, 1.165) is 25.7 Å². The Kier molecular flexibility index (Phi) is 11.1. The van der Waals surface area contributed by atoms with Gasteiger partial charge in [-0.25, -0.2) is 0 Å². The highest BCUT2D eigenvalue weighted by molar-refractivity contribution is 5.76. The number of amides is 1. The monoisotopic (exact) mass is 239 g/mol. The zero-order valence-electron chi connectivity index (χ0n) is 11.8. The predicted molar refractivity (Wildman–Crippen MR) is 75.0 cm³/mol. The van der Waals surface area contributed by atoms with Gasteiger partial charge in [0.25, 0.3) is 0 Å². The number of carbonyl (C=O) groups excluding carboxylic acids is 1. The first-order valence-electron chi connectivity index (χ1n) is 7.18. The molecule has 0 saturated heterocycles. The van der Waals surface area contributed by atoms with Gasteiger partial charge >= 0.3 is 0 Å².